The van der Waals surface area contributed by atoms with Gasteiger partial charge in [-0.1, -0.05) is 24.3 Å². The number of aliphatic carboxylic acids is 1. The molecular formula is C21H17FN2O3Rf. The first-order valence-corrected chi connectivity index (χ1v) is 8.49. The van der Waals surface area contributed by atoms with E-state index in [0.29, 0.717) is 27.9 Å². The molecule has 1 unspecified atom stereocenters. The van der Waals surface area contributed by atoms with Gasteiger partial charge < -0.3 is 14.8 Å². The van der Waals surface area contributed by atoms with Gasteiger partial charge in [0.05, 0.1) is 11.2 Å². The molecule has 7 heteroatoms. The van der Waals surface area contributed by atoms with E-state index in [1.807, 2.05) is 30.3 Å². The van der Waals surface area contributed by atoms with Crippen molar-refractivity contribution in [2.75, 3.05) is 0 Å². The number of aromatic nitrogens is 2. The standard InChI is InChI=1S/C21H17FN2O3.Rf/c1-12-20(15-10-14(22)7-9-18(15)24(12)11-19(25)26)21(27)17-8-6-13-4-2-3-5-16(13)23-17;/h2-10,21,27H,11H2,1H3,(H,25,26);. The van der Waals surface area contributed by atoms with Gasteiger partial charge >= 0.3 is 5.97 Å². The number of carbonyl (C=O) groups is 1. The molecule has 0 aliphatic carbocycles. The number of hydrogen-bond acceptors (Lipinski definition) is 3. The van der Waals surface area contributed by atoms with Crippen molar-refractivity contribution in [3.05, 3.63) is 77.4 Å². The summed E-state index contributed by atoms with van der Waals surface area (Å²) in [6.07, 6.45) is -1.10. The molecule has 0 radical (unpaired) electrons. The number of para-hydroxylation sites is 1. The van der Waals surface area contributed by atoms with Gasteiger partial charge in [0, 0.05) is 27.5 Å². The van der Waals surface area contributed by atoms with Crippen LogP contribution in [-0.4, -0.2) is 25.7 Å². The molecule has 4 aromatic rings. The minimum atomic E-state index is -1.10. The molecule has 5 nitrogen and oxygen atoms in total. The smallest absolute Gasteiger partial charge is 0.323 e. The number of aliphatic hydroxyl groups is 1. The fraction of sp³-hybridized carbons (Fsp3) is 0.143. The minimum Gasteiger partial charge on any atom is -0.480 e. The maximum atomic E-state index is 13.9. The molecule has 2 aromatic heterocycles. The van der Waals surface area contributed by atoms with Crippen LogP contribution in [0.4, 0.5) is 4.39 Å². The average molecular weight is 631 g/mol. The van der Waals surface area contributed by atoms with Crippen LogP contribution in [-0.2, 0) is 11.3 Å². The van der Waals surface area contributed by atoms with Crippen molar-refractivity contribution in [1.29, 1.82) is 0 Å². The number of aliphatic hydroxyl groups excluding tert-OH is 1. The maximum Gasteiger partial charge on any atom is 0.323 e. The summed E-state index contributed by atoms with van der Waals surface area (Å²) in [6.45, 7) is 1.45. The molecular weight excluding hydrogens is 614 g/mol. The van der Waals surface area contributed by atoms with Crippen LogP contribution in [0.5, 0.6) is 0 Å². The van der Waals surface area contributed by atoms with Crippen molar-refractivity contribution in [2.24, 2.45) is 0 Å². The Hall–Kier alpha value is -4.25. The van der Waals surface area contributed by atoms with Crippen LogP contribution < -0.4 is 0 Å². The van der Waals surface area contributed by atoms with Gasteiger partial charge in [0.25, 0.3) is 0 Å². The maximum absolute atomic E-state index is 13.9. The molecule has 1 atom stereocenters. The monoisotopic (exact) mass is 631 g/mol. The van der Waals surface area contributed by atoms with E-state index in [0.717, 1.165) is 10.9 Å². The van der Waals surface area contributed by atoms with E-state index in [1.165, 1.54) is 18.2 Å². The molecule has 0 spiro atoms. The topological polar surface area (TPSA) is 75.4 Å². The number of carboxylic acid groups (broad SMARTS) is 1. The molecule has 0 aliphatic heterocycles. The van der Waals surface area contributed by atoms with Gasteiger partial charge in [-0.3, -0.25) is 4.79 Å². The van der Waals surface area contributed by atoms with Crippen LogP contribution in [0.2, 0.25) is 0 Å². The Morgan fingerprint density at radius 1 is 1.18 bits per heavy atom. The normalized spacial score (nSPS) is 12.1. The summed E-state index contributed by atoms with van der Waals surface area (Å²) in [6, 6.07) is 15.3. The van der Waals surface area contributed by atoms with Gasteiger partial charge in [-0.2, -0.15) is 0 Å². The fourth-order valence-electron chi connectivity index (χ4n) is 3.55. The SMILES string of the molecule is Cc1c(C(O)c2ccc3ccccc3n2)c2cc(F)ccc2n1CC(=O)O.[Rf]. The molecule has 0 bridgehead atoms. The molecule has 0 fully saturated rings. The van der Waals surface area contributed by atoms with Gasteiger partial charge in [0.1, 0.15) is 18.5 Å². The number of carboxylic acids is 1. The first kappa shape index (κ1) is 18.5. The van der Waals surface area contributed by atoms with Gasteiger partial charge in [-0.05, 0) is 37.3 Å². The first-order valence-electron chi connectivity index (χ1n) is 8.49. The molecule has 28 heavy (non-hydrogen) atoms. The summed E-state index contributed by atoms with van der Waals surface area (Å²) in [4.78, 5) is 15.8. The third-order valence-corrected chi connectivity index (χ3v) is 4.80. The van der Waals surface area contributed by atoms with E-state index < -0.39 is 17.9 Å². The second-order valence-electron chi connectivity index (χ2n) is 6.47. The van der Waals surface area contributed by atoms with Crippen LogP contribution in [0.15, 0.2) is 54.6 Å². The van der Waals surface area contributed by atoms with Gasteiger partial charge in [-0.15, -0.1) is 0 Å². The van der Waals surface area contributed by atoms with Crippen LogP contribution in [0.1, 0.15) is 23.1 Å². The number of halogens is 1. The Balaban J connectivity index is 0.00000225. The van der Waals surface area contributed by atoms with Crippen molar-refractivity contribution < 1.29 is 19.4 Å². The largest absolute Gasteiger partial charge is 0.480 e. The molecule has 2 N–H and O–H groups in total. The van der Waals surface area contributed by atoms with Crippen molar-refractivity contribution in [2.45, 2.75) is 19.6 Å². The number of nitrogens with zero attached hydrogens (tertiary/aromatic N) is 2. The first-order chi connectivity index (χ1) is 13.0. The van der Waals surface area contributed by atoms with Crippen molar-refractivity contribution in [1.82, 2.24) is 9.55 Å². The van der Waals surface area contributed by atoms with Crippen LogP contribution in [0.3, 0.4) is 0 Å². The Morgan fingerprint density at radius 3 is 2.68 bits per heavy atom. The molecule has 0 aliphatic rings. The van der Waals surface area contributed by atoms with Gasteiger partial charge in [0.2, 0.25) is 0 Å². The Bertz CT molecular complexity index is 1190. The average Bonchev–Trinajstić information content (AvgIpc) is 2.91. The van der Waals surface area contributed by atoms with Crippen molar-refractivity contribution in [3.63, 3.8) is 0 Å². The Kier molecular flexibility index (Phi) is 4.51. The van der Waals surface area contributed by atoms with Crippen molar-refractivity contribution in [3.8, 4) is 0 Å². The predicted molar refractivity (Wildman–Crippen MR) is 100 cm³/mol. The van der Waals surface area contributed by atoms with E-state index in [9.17, 15) is 19.4 Å². The van der Waals surface area contributed by atoms with E-state index in [-0.39, 0.29) is 6.54 Å². The number of rotatable bonds is 4. The molecule has 2 heterocycles. The van der Waals surface area contributed by atoms with E-state index in [2.05, 4.69) is 4.98 Å². The Labute approximate surface area is 154 Å². The molecule has 0 saturated carbocycles. The number of hydrogen-bond donors (Lipinski definition) is 2. The molecule has 0 saturated heterocycles. The predicted octanol–water partition coefficient (Wildman–Crippen LogP) is 3.80. The Morgan fingerprint density at radius 2 is 1.93 bits per heavy atom. The van der Waals surface area contributed by atoms with Crippen LogP contribution in [0, 0.1) is 12.7 Å². The van der Waals surface area contributed by atoms with Gasteiger partial charge in [-0.25, -0.2) is 9.37 Å². The summed E-state index contributed by atoms with van der Waals surface area (Å²) in [7, 11) is 0. The molecule has 0 amide bonds. The van der Waals surface area contributed by atoms with Crippen LogP contribution >= 0.6 is 0 Å². The quantitative estimate of drug-likeness (QED) is 0.360. The fourth-order valence-corrected chi connectivity index (χ4v) is 3.55. The summed E-state index contributed by atoms with van der Waals surface area (Å²) < 4.78 is 15.4. The van der Waals surface area contributed by atoms with E-state index >= 15 is 0 Å². The van der Waals surface area contributed by atoms with Gasteiger partial charge in [0.15, 0.2) is 0 Å². The third-order valence-electron chi connectivity index (χ3n) is 4.80. The molecule has 138 valence electrons. The summed E-state index contributed by atoms with van der Waals surface area (Å²) in [5.74, 6) is -1.46. The van der Waals surface area contributed by atoms with E-state index in [4.69, 9.17) is 0 Å². The zero-order chi connectivity index (χ0) is 19.1. The van der Waals surface area contributed by atoms with Crippen molar-refractivity contribution >= 4 is 27.8 Å². The molecule has 4 rings (SSSR count). The minimum absolute atomic E-state index is 0. The summed E-state index contributed by atoms with van der Waals surface area (Å²) in [5, 5.41) is 21.7. The summed E-state index contributed by atoms with van der Waals surface area (Å²) >= 11 is 0. The second kappa shape index (κ2) is 6.81. The number of pyridine rings is 1. The second-order valence-corrected chi connectivity index (χ2v) is 6.47. The zero-order valence-electron chi connectivity index (χ0n) is 15.3. The van der Waals surface area contributed by atoms with E-state index in [1.54, 1.807) is 17.6 Å². The molecule has 2 aromatic carbocycles. The summed E-state index contributed by atoms with van der Waals surface area (Å²) in [5.41, 5.74) is 2.77. The number of fused-ring (bicyclic) bond motifs is 2. The zero-order valence-corrected chi connectivity index (χ0v) is 21.7. The third kappa shape index (κ3) is 2.91. The number of benzene rings is 2. The van der Waals surface area contributed by atoms with Crippen LogP contribution in [0.25, 0.3) is 21.8 Å².